The van der Waals surface area contributed by atoms with Gasteiger partial charge in [-0.1, -0.05) is 12.5 Å². The Morgan fingerprint density at radius 2 is 2.00 bits per heavy atom. The minimum Gasteiger partial charge on any atom is -0.459 e. The monoisotopic (exact) mass is 327 g/mol. The SMILES string of the molecule is O=C(OC1CCCCC1)c1cccc([N+](=O)[O-])c1Br. The molecule has 0 N–H and O–H groups in total. The maximum absolute atomic E-state index is 12.0. The first kappa shape index (κ1) is 14.0. The molecule has 0 radical (unpaired) electrons. The quantitative estimate of drug-likeness (QED) is 0.480. The van der Waals surface area contributed by atoms with E-state index in [1.165, 1.54) is 24.6 Å². The van der Waals surface area contributed by atoms with Crippen LogP contribution in [0.4, 0.5) is 5.69 Å². The van der Waals surface area contributed by atoms with Crippen LogP contribution in [0.2, 0.25) is 0 Å². The third-order valence-corrected chi connectivity index (χ3v) is 4.05. The van der Waals surface area contributed by atoms with Gasteiger partial charge in [0.2, 0.25) is 0 Å². The van der Waals surface area contributed by atoms with Crippen LogP contribution in [-0.4, -0.2) is 17.0 Å². The van der Waals surface area contributed by atoms with Crippen molar-refractivity contribution in [3.05, 3.63) is 38.3 Å². The van der Waals surface area contributed by atoms with Crippen molar-refractivity contribution in [2.45, 2.75) is 38.2 Å². The highest BCUT2D eigenvalue weighted by molar-refractivity contribution is 9.10. The molecule has 1 aliphatic rings. The van der Waals surface area contributed by atoms with Crippen molar-refractivity contribution in [1.29, 1.82) is 0 Å². The van der Waals surface area contributed by atoms with Gasteiger partial charge in [0.15, 0.2) is 0 Å². The number of benzene rings is 1. The summed E-state index contributed by atoms with van der Waals surface area (Å²) in [5.74, 6) is -0.498. The Hall–Kier alpha value is -1.43. The van der Waals surface area contributed by atoms with E-state index in [2.05, 4.69) is 15.9 Å². The Morgan fingerprint density at radius 3 is 2.63 bits per heavy atom. The predicted octanol–water partition coefficient (Wildman–Crippen LogP) is 3.85. The van der Waals surface area contributed by atoms with Crippen molar-refractivity contribution < 1.29 is 14.5 Å². The highest BCUT2D eigenvalue weighted by atomic mass is 79.9. The summed E-state index contributed by atoms with van der Waals surface area (Å²) in [6, 6.07) is 4.37. The molecule has 2 rings (SSSR count). The predicted molar refractivity (Wildman–Crippen MR) is 73.1 cm³/mol. The molecule has 1 fully saturated rings. The fourth-order valence-electron chi connectivity index (χ4n) is 2.22. The Bertz CT molecular complexity index is 497. The van der Waals surface area contributed by atoms with Crippen molar-refractivity contribution in [2.75, 3.05) is 0 Å². The fourth-order valence-corrected chi connectivity index (χ4v) is 2.79. The maximum Gasteiger partial charge on any atom is 0.339 e. The summed E-state index contributed by atoms with van der Waals surface area (Å²) in [4.78, 5) is 22.3. The van der Waals surface area contributed by atoms with E-state index in [1.54, 1.807) is 0 Å². The van der Waals surface area contributed by atoms with E-state index in [9.17, 15) is 14.9 Å². The standard InChI is InChI=1S/C13H14BrNO4/c14-12-10(7-4-8-11(12)15(17)18)13(16)19-9-5-2-1-3-6-9/h4,7-9H,1-3,5-6H2. The van der Waals surface area contributed by atoms with Crippen molar-refractivity contribution >= 4 is 27.6 Å². The van der Waals surface area contributed by atoms with Gasteiger partial charge in [0, 0.05) is 6.07 Å². The molecule has 0 unspecified atom stereocenters. The first-order valence-corrected chi connectivity index (χ1v) is 7.03. The number of rotatable bonds is 3. The number of ether oxygens (including phenoxy) is 1. The van der Waals surface area contributed by atoms with Gasteiger partial charge >= 0.3 is 5.97 Å². The topological polar surface area (TPSA) is 69.4 Å². The Kier molecular flexibility index (Phi) is 4.52. The lowest BCUT2D eigenvalue weighted by molar-refractivity contribution is -0.385. The number of hydrogen-bond acceptors (Lipinski definition) is 4. The minimum absolute atomic E-state index is 0.0626. The average molecular weight is 328 g/mol. The molecule has 5 nitrogen and oxygen atoms in total. The second kappa shape index (κ2) is 6.14. The summed E-state index contributed by atoms with van der Waals surface area (Å²) in [7, 11) is 0. The van der Waals surface area contributed by atoms with Crippen LogP contribution in [0.15, 0.2) is 22.7 Å². The lowest BCUT2D eigenvalue weighted by Crippen LogP contribution is -2.21. The van der Waals surface area contributed by atoms with Crippen LogP contribution in [0.5, 0.6) is 0 Å². The zero-order valence-electron chi connectivity index (χ0n) is 10.3. The number of nitro benzene ring substituents is 1. The third-order valence-electron chi connectivity index (χ3n) is 3.22. The van der Waals surface area contributed by atoms with Gasteiger partial charge in [0.05, 0.1) is 10.5 Å². The molecule has 0 heterocycles. The first-order chi connectivity index (χ1) is 9.09. The number of nitrogens with zero attached hydrogens (tertiary/aromatic N) is 1. The smallest absolute Gasteiger partial charge is 0.339 e. The Morgan fingerprint density at radius 1 is 1.32 bits per heavy atom. The van der Waals surface area contributed by atoms with Crippen molar-refractivity contribution in [1.82, 2.24) is 0 Å². The first-order valence-electron chi connectivity index (χ1n) is 6.23. The minimum atomic E-state index is -0.526. The van der Waals surface area contributed by atoms with Gasteiger partial charge in [0.1, 0.15) is 10.6 Å². The molecule has 0 saturated heterocycles. The molecule has 19 heavy (non-hydrogen) atoms. The summed E-state index contributed by atoms with van der Waals surface area (Å²) in [5.41, 5.74) is 0.0814. The van der Waals surface area contributed by atoms with Gasteiger partial charge in [-0.15, -0.1) is 0 Å². The molecule has 0 bridgehead atoms. The number of carbonyl (C=O) groups excluding carboxylic acids is 1. The molecular formula is C13H14BrNO4. The van der Waals surface area contributed by atoms with Gasteiger partial charge in [-0.05, 0) is 47.7 Å². The molecule has 0 spiro atoms. The maximum atomic E-state index is 12.0. The van der Waals surface area contributed by atoms with Crippen molar-refractivity contribution in [3.63, 3.8) is 0 Å². The van der Waals surface area contributed by atoms with Gasteiger partial charge in [-0.3, -0.25) is 10.1 Å². The summed E-state index contributed by atoms with van der Waals surface area (Å²) in [6.45, 7) is 0. The lowest BCUT2D eigenvalue weighted by Gasteiger charge is -2.21. The molecule has 1 aliphatic carbocycles. The summed E-state index contributed by atoms with van der Waals surface area (Å²) in [5, 5.41) is 10.8. The number of carbonyl (C=O) groups is 1. The average Bonchev–Trinajstić information content (AvgIpc) is 2.39. The van der Waals surface area contributed by atoms with E-state index < -0.39 is 10.9 Å². The molecule has 0 aromatic heterocycles. The Labute approximate surface area is 119 Å². The summed E-state index contributed by atoms with van der Waals surface area (Å²) >= 11 is 3.10. The largest absolute Gasteiger partial charge is 0.459 e. The number of halogens is 1. The molecular weight excluding hydrogens is 314 g/mol. The molecule has 0 atom stereocenters. The van der Waals surface area contributed by atoms with Crippen LogP contribution < -0.4 is 0 Å². The van der Waals surface area contributed by atoms with Gasteiger partial charge in [-0.25, -0.2) is 4.79 Å². The van der Waals surface area contributed by atoms with Crippen LogP contribution in [0.1, 0.15) is 42.5 Å². The Balaban J connectivity index is 2.14. The molecule has 1 saturated carbocycles. The number of nitro groups is 1. The zero-order valence-corrected chi connectivity index (χ0v) is 11.9. The second-order valence-electron chi connectivity index (χ2n) is 4.56. The van der Waals surface area contributed by atoms with Gasteiger partial charge in [-0.2, -0.15) is 0 Å². The fraction of sp³-hybridized carbons (Fsp3) is 0.462. The molecule has 102 valence electrons. The van der Waals surface area contributed by atoms with Crippen molar-refractivity contribution in [2.24, 2.45) is 0 Å². The van der Waals surface area contributed by atoms with E-state index in [0.29, 0.717) is 0 Å². The normalized spacial score (nSPS) is 16.1. The van der Waals surface area contributed by atoms with E-state index in [0.717, 1.165) is 25.7 Å². The van der Waals surface area contributed by atoms with Crippen LogP contribution in [-0.2, 0) is 4.74 Å². The van der Waals surface area contributed by atoms with Crippen LogP contribution in [0, 0.1) is 10.1 Å². The van der Waals surface area contributed by atoms with E-state index in [-0.39, 0.29) is 21.8 Å². The van der Waals surface area contributed by atoms with Crippen LogP contribution >= 0.6 is 15.9 Å². The van der Waals surface area contributed by atoms with Crippen LogP contribution in [0.25, 0.3) is 0 Å². The molecule has 0 aliphatic heterocycles. The molecule has 6 heteroatoms. The summed E-state index contributed by atoms with van der Waals surface area (Å²) in [6.07, 6.45) is 4.99. The highest BCUT2D eigenvalue weighted by Crippen LogP contribution is 2.30. The molecule has 1 aromatic rings. The molecule has 1 aromatic carbocycles. The zero-order chi connectivity index (χ0) is 13.8. The lowest BCUT2D eigenvalue weighted by atomic mass is 9.98. The second-order valence-corrected chi connectivity index (χ2v) is 5.35. The number of hydrogen-bond donors (Lipinski definition) is 0. The van der Waals surface area contributed by atoms with Crippen molar-refractivity contribution in [3.8, 4) is 0 Å². The third kappa shape index (κ3) is 3.32. The summed E-state index contributed by atoms with van der Waals surface area (Å²) < 4.78 is 5.58. The van der Waals surface area contributed by atoms with Gasteiger partial charge in [0.25, 0.3) is 5.69 Å². The number of esters is 1. The van der Waals surface area contributed by atoms with Gasteiger partial charge < -0.3 is 4.74 Å². The van der Waals surface area contributed by atoms with E-state index in [1.807, 2.05) is 0 Å². The van der Waals surface area contributed by atoms with E-state index in [4.69, 9.17) is 4.74 Å². The van der Waals surface area contributed by atoms with Crippen LogP contribution in [0.3, 0.4) is 0 Å². The molecule has 0 amide bonds. The van der Waals surface area contributed by atoms with E-state index >= 15 is 0 Å². The highest BCUT2D eigenvalue weighted by Gasteiger charge is 2.23.